The van der Waals surface area contributed by atoms with Gasteiger partial charge < -0.3 is 4.74 Å². The number of halogens is 1. The molecule has 0 bridgehead atoms. The number of ketones is 1. The van der Waals surface area contributed by atoms with Gasteiger partial charge in [-0.1, -0.05) is 18.2 Å². The van der Waals surface area contributed by atoms with E-state index in [1.807, 2.05) is 24.3 Å². The van der Waals surface area contributed by atoms with Crippen LogP contribution in [0, 0.1) is 0 Å². The molecular weight excluding hydrogens is 308 g/mol. The number of aromatic nitrogens is 2. The highest BCUT2D eigenvalue weighted by atomic mass is 79.9. The Kier molecular flexibility index (Phi) is 3.14. The lowest BCUT2D eigenvalue weighted by molar-refractivity contribution is 0.0923. The lowest BCUT2D eigenvalue weighted by Gasteiger charge is -2.24. The molecule has 1 unspecified atom stereocenters. The van der Waals surface area contributed by atoms with Crippen LogP contribution in [-0.2, 0) is 7.05 Å². The summed E-state index contributed by atoms with van der Waals surface area (Å²) in [5, 5.41) is 4.11. The number of benzene rings is 1. The topological polar surface area (TPSA) is 44.1 Å². The van der Waals surface area contributed by atoms with Crippen LogP contribution in [0.5, 0.6) is 5.75 Å². The van der Waals surface area contributed by atoms with E-state index in [9.17, 15) is 4.79 Å². The van der Waals surface area contributed by atoms with Crippen molar-refractivity contribution in [3.8, 4) is 5.75 Å². The molecule has 0 saturated carbocycles. The molecule has 1 aliphatic heterocycles. The molecule has 19 heavy (non-hydrogen) atoms. The van der Waals surface area contributed by atoms with E-state index in [0.29, 0.717) is 18.7 Å². The molecule has 0 spiro atoms. The van der Waals surface area contributed by atoms with Gasteiger partial charge in [0.05, 0.1) is 23.2 Å². The number of carbonyl (C=O) groups is 1. The Hall–Kier alpha value is -1.62. The zero-order chi connectivity index (χ0) is 13.4. The Morgan fingerprint density at radius 3 is 3.00 bits per heavy atom. The van der Waals surface area contributed by atoms with Gasteiger partial charge in [0.25, 0.3) is 0 Å². The molecule has 1 atom stereocenters. The van der Waals surface area contributed by atoms with Gasteiger partial charge in [-0.25, -0.2) is 0 Å². The number of ether oxygens (including phenoxy) is 1. The molecule has 2 aromatic rings. The van der Waals surface area contributed by atoms with Crippen molar-refractivity contribution in [3.63, 3.8) is 0 Å². The van der Waals surface area contributed by atoms with Crippen LogP contribution in [0.1, 0.15) is 28.4 Å². The van der Waals surface area contributed by atoms with Crippen molar-refractivity contribution in [1.82, 2.24) is 9.78 Å². The highest BCUT2D eigenvalue weighted by molar-refractivity contribution is 9.10. The number of para-hydroxylation sites is 1. The Bertz CT molecular complexity index is 617. The molecule has 2 heterocycles. The lowest BCUT2D eigenvalue weighted by Crippen LogP contribution is -2.23. The van der Waals surface area contributed by atoms with Crippen molar-refractivity contribution in [3.05, 3.63) is 46.2 Å². The van der Waals surface area contributed by atoms with Gasteiger partial charge in [0.15, 0.2) is 5.78 Å². The minimum Gasteiger partial charge on any atom is -0.493 e. The number of aryl methyl sites for hydroxylation is 1. The molecule has 0 aliphatic carbocycles. The fraction of sp³-hybridized carbons (Fsp3) is 0.286. The van der Waals surface area contributed by atoms with E-state index in [1.165, 1.54) is 0 Å². The van der Waals surface area contributed by atoms with Gasteiger partial charge in [0.2, 0.25) is 0 Å². The van der Waals surface area contributed by atoms with Crippen LogP contribution in [0.15, 0.2) is 34.9 Å². The summed E-state index contributed by atoms with van der Waals surface area (Å²) in [6, 6.07) is 7.73. The number of nitrogens with zero attached hydrogens (tertiary/aromatic N) is 2. The molecule has 5 heteroatoms. The maximum absolute atomic E-state index is 12.7. The molecular formula is C14H13BrN2O2. The van der Waals surface area contributed by atoms with Gasteiger partial charge in [-0.15, -0.1) is 0 Å². The second kappa shape index (κ2) is 4.81. The number of hydrogen-bond acceptors (Lipinski definition) is 3. The van der Waals surface area contributed by atoms with Crippen molar-refractivity contribution in [2.24, 2.45) is 7.05 Å². The fourth-order valence-electron chi connectivity index (χ4n) is 2.47. The molecule has 0 N–H and O–H groups in total. The van der Waals surface area contributed by atoms with Crippen LogP contribution < -0.4 is 4.74 Å². The van der Waals surface area contributed by atoms with E-state index in [2.05, 4.69) is 21.0 Å². The van der Waals surface area contributed by atoms with E-state index < -0.39 is 0 Å². The summed E-state index contributed by atoms with van der Waals surface area (Å²) in [5.74, 6) is 0.740. The van der Waals surface area contributed by atoms with Crippen LogP contribution in [0.25, 0.3) is 0 Å². The van der Waals surface area contributed by atoms with Crippen molar-refractivity contribution in [2.75, 3.05) is 6.61 Å². The van der Waals surface area contributed by atoms with E-state index in [0.717, 1.165) is 15.8 Å². The predicted molar refractivity (Wildman–Crippen MR) is 74.5 cm³/mol. The standard InChI is InChI=1S/C14H13BrN2O2/c1-17-13(11(15)8-16-17)14(18)10-6-7-19-12-5-3-2-4-9(10)12/h2-5,8,10H,6-7H2,1H3. The number of hydrogen-bond donors (Lipinski definition) is 0. The number of carbonyl (C=O) groups excluding carboxylic acids is 1. The first kappa shape index (κ1) is 12.4. The monoisotopic (exact) mass is 320 g/mol. The second-order valence-corrected chi connectivity index (χ2v) is 5.41. The SMILES string of the molecule is Cn1ncc(Br)c1C(=O)C1CCOc2ccccc21. The maximum Gasteiger partial charge on any atom is 0.189 e. The fourth-order valence-corrected chi connectivity index (χ4v) is 3.01. The molecule has 0 saturated heterocycles. The van der Waals surface area contributed by atoms with Gasteiger partial charge in [0, 0.05) is 12.6 Å². The average molecular weight is 321 g/mol. The third-order valence-electron chi connectivity index (χ3n) is 3.40. The Balaban J connectivity index is 2.03. The number of rotatable bonds is 2. The van der Waals surface area contributed by atoms with E-state index >= 15 is 0 Å². The number of fused-ring (bicyclic) bond motifs is 1. The summed E-state index contributed by atoms with van der Waals surface area (Å²) < 4.78 is 7.95. The van der Waals surface area contributed by atoms with Crippen molar-refractivity contribution in [2.45, 2.75) is 12.3 Å². The summed E-state index contributed by atoms with van der Waals surface area (Å²) in [6.07, 6.45) is 2.35. The summed E-state index contributed by atoms with van der Waals surface area (Å²) in [5.41, 5.74) is 1.58. The molecule has 0 fully saturated rings. The molecule has 1 aromatic carbocycles. The molecule has 98 valence electrons. The van der Waals surface area contributed by atoms with Gasteiger partial charge in [-0.2, -0.15) is 5.10 Å². The minimum atomic E-state index is -0.156. The van der Waals surface area contributed by atoms with E-state index in [4.69, 9.17) is 4.74 Å². The first-order valence-corrected chi connectivity index (χ1v) is 6.91. The Morgan fingerprint density at radius 2 is 2.26 bits per heavy atom. The molecule has 4 nitrogen and oxygen atoms in total. The third-order valence-corrected chi connectivity index (χ3v) is 3.98. The maximum atomic E-state index is 12.7. The predicted octanol–water partition coefficient (Wildman–Crippen LogP) is 2.93. The summed E-state index contributed by atoms with van der Waals surface area (Å²) in [4.78, 5) is 12.7. The molecule has 0 amide bonds. The quantitative estimate of drug-likeness (QED) is 0.799. The van der Waals surface area contributed by atoms with E-state index in [1.54, 1.807) is 17.9 Å². The Morgan fingerprint density at radius 1 is 1.47 bits per heavy atom. The normalized spacial score (nSPS) is 17.7. The van der Waals surface area contributed by atoms with Crippen LogP contribution in [0.2, 0.25) is 0 Å². The second-order valence-electron chi connectivity index (χ2n) is 4.56. The lowest BCUT2D eigenvalue weighted by atomic mass is 9.88. The first-order valence-electron chi connectivity index (χ1n) is 6.12. The van der Waals surface area contributed by atoms with Gasteiger partial charge in [-0.05, 0) is 28.4 Å². The highest BCUT2D eigenvalue weighted by Gasteiger charge is 2.30. The largest absolute Gasteiger partial charge is 0.493 e. The average Bonchev–Trinajstić information content (AvgIpc) is 2.77. The molecule has 1 aromatic heterocycles. The van der Waals surface area contributed by atoms with Crippen molar-refractivity contribution in [1.29, 1.82) is 0 Å². The molecule has 0 radical (unpaired) electrons. The van der Waals surface area contributed by atoms with Crippen LogP contribution in [0.3, 0.4) is 0 Å². The van der Waals surface area contributed by atoms with Crippen LogP contribution in [0.4, 0.5) is 0 Å². The van der Waals surface area contributed by atoms with E-state index in [-0.39, 0.29) is 11.7 Å². The zero-order valence-corrected chi connectivity index (χ0v) is 12.1. The molecule has 3 rings (SSSR count). The third kappa shape index (κ3) is 2.08. The Labute approximate surface area is 119 Å². The summed E-state index contributed by atoms with van der Waals surface area (Å²) in [7, 11) is 1.78. The van der Waals surface area contributed by atoms with Crippen molar-refractivity contribution >= 4 is 21.7 Å². The smallest absolute Gasteiger partial charge is 0.189 e. The summed E-state index contributed by atoms with van der Waals surface area (Å²) >= 11 is 3.39. The van der Waals surface area contributed by atoms with Crippen LogP contribution >= 0.6 is 15.9 Å². The minimum absolute atomic E-state index is 0.0858. The first-order chi connectivity index (χ1) is 9.18. The van der Waals surface area contributed by atoms with Gasteiger partial charge in [-0.3, -0.25) is 9.48 Å². The van der Waals surface area contributed by atoms with Crippen LogP contribution in [-0.4, -0.2) is 22.2 Å². The number of Topliss-reactive ketones (excluding diaryl/α,β-unsaturated/α-hetero) is 1. The van der Waals surface area contributed by atoms with Gasteiger partial charge in [0.1, 0.15) is 11.4 Å². The summed E-state index contributed by atoms with van der Waals surface area (Å²) in [6.45, 7) is 0.572. The van der Waals surface area contributed by atoms with Gasteiger partial charge >= 0.3 is 0 Å². The van der Waals surface area contributed by atoms with Crippen molar-refractivity contribution < 1.29 is 9.53 Å². The zero-order valence-electron chi connectivity index (χ0n) is 10.5. The highest BCUT2D eigenvalue weighted by Crippen LogP contribution is 2.36. The molecule has 1 aliphatic rings.